The zero-order valence-electron chi connectivity index (χ0n) is 15.0. The van der Waals surface area contributed by atoms with E-state index in [1.54, 1.807) is 18.2 Å². The van der Waals surface area contributed by atoms with Gasteiger partial charge < -0.3 is 15.5 Å². The summed E-state index contributed by atoms with van der Waals surface area (Å²) in [6, 6.07) is 5.22. The number of halogens is 5. The summed E-state index contributed by atoms with van der Waals surface area (Å²) in [5, 5.41) is 7.33. The number of aromatic nitrogens is 3. The maximum atomic E-state index is 6.05. The lowest BCUT2D eigenvalue weighted by molar-refractivity contribution is 0.226. The van der Waals surface area contributed by atoms with Crippen molar-refractivity contribution in [3.8, 4) is 0 Å². The van der Waals surface area contributed by atoms with Crippen molar-refractivity contribution < 1.29 is 0 Å². The number of piperidine rings is 1. The SMILES string of the molecule is CCN1CCCC(Nc2nc(Nc3cc(Cl)cc(Cl)c3)nc(C(Cl)(Cl)Cl)n2)C1. The topological polar surface area (TPSA) is 66.0 Å². The molecule has 0 amide bonds. The van der Waals surface area contributed by atoms with Crippen LogP contribution in [0.1, 0.15) is 25.6 Å². The highest BCUT2D eigenvalue weighted by Crippen LogP contribution is 2.37. The monoisotopic (exact) mass is 482 g/mol. The summed E-state index contributed by atoms with van der Waals surface area (Å²) in [6.45, 7) is 5.13. The highest BCUT2D eigenvalue weighted by molar-refractivity contribution is 6.66. The molecule has 1 aliphatic heterocycles. The summed E-state index contributed by atoms with van der Waals surface area (Å²) in [5.41, 5.74) is 0.611. The highest BCUT2D eigenvalue weighted by Gasteiger charge is 2.29. The number of likely N-dealkylation sites (tertiary alicyclic amines) is 1. The summed E-state index contributed by atoms with van der Waals surface area (Å²) in [6.07, 6.45) is 2.11. The quantitative estimate of drug-likeness (QED) is 0.535. The summed E-state index contributed by atoms with van der Waals surface area (Å²) in [5.74, 6) is 0.587. The van der Waals surface area contributed by atoms with Crippen LogP contribution in [0.5, 0.6) is 0 Å². The van der Waals surface area contributed by atoms with Gasteiger partial charge in [0.2, 0.25) is 15.7 Å². The van der Waals surface area contributed by atoms with Gasteiger partial charge in [-0.05, 0) is 44.1 Å². The number of anilines is 3. The minimum atomic E-state index is -1.79. The van der Waals surface area contributed by atoms with Crippen LogP contribution in [0, 0.1) is 0 Å². The predicted octanol–water partition coefficient (Wildman–Crippen LogP) is 5.64. The van der Waals surface area contributed by atoms with Crippen molar-refractivity contribution in [2.45, 2.75) is 29.6 Å². The van der Waals surface area contributed by atoms with Crippen molar-refractivity contribution >= 4 is 75.6 Å². The van der Waals surface area contributed by atoms with E-state index < -0.39 is 3.79 Å². The van der Waals surface area contributed by atoms with Crippen LogP contribution in [0.4, 0.5) is 17.6 Å². The van der Waals surface area contributed by atoms with E-state index in [2.05, 4.69) is 37.4 Å². The zero-order chi connectivity index (χ0) is 20.3. The van der Waals surface area contributed by atoms with E-state index in [4.69, 9.17) is 58.0 Å². The Bertz CT molecular complexity index is 808. The number of hydrogen-bond donors (Lipinski definition) is 2. The van der Waals surface area contributed by atoms with Crippen molar-refractivity contribution in [1.29, 1.82) is 0 Å². The van der Waals surface area contributed by atoms with Crippen LogP contribution in [0.25, 0.3) is 0 Å². The average Bonchev–Trinajstić information content (AvgIpc) is 2.60. The van der Waals surface area contributed by atoms with Gasteiger partial charge in [0, 0.05) is 28.3 Å². The molecule has 0 radical (unpaired) electrons. The molecule has 1 unspecified atom stereocenters. The van der Waals surface area contributed by atoms with Crippen LogP contribution in [0.2, 0.25) is 10.0 Å². The molecule has 0 bridgehead atoms. The number of alkyl halides is 3. The fraction of sp³-hybridized carbons (Fsp3) is 0.471. The smallest absolute Gasteiger partial charge is 0.250 e. The Morgan fingerprint density at radius 2 is 1.75 bits per heavy atom. The van der Waals surface area contributed by atoms with Crippen molar-refractivity contribution in [3.05, 3.63) is 34.1 Å². The van der Waals surface area contributed by atoms with E-state index in [1.165, 1.54) is 0 Å². The van der Waals surface area contributed by atoms with Crippen molar-refractivity contribution in [2.75, 3.05) is 30.3 Å². The van der Waals surface area contributed by atoms with E-state index in [1.807, 2.05) is 0 Å². The second kappa shape index (κ2) is 9.37. The second-order valence-electron chi connectivity index (χ2n) is 6.46. The number of rotatable bonds is 5. The molecular weight excluding hydrogens is 465 g/mol. The Kier molecular flexibility index (Phi) is 7.34. The molecule has 152 valence electrons. The predicted molar refractivity (Wildman–Crippen MR) is 118 cm³/mol. The third kappa shape index (κ3) is 6.12. The molecule has 1 aromatic carbocycles. The maximum absolute atomic E-state index is 6.05. The third-order valence-corrected chi connectivity index (χ3v) is 5.24. The lowest BCUT2D eigenvalue weighted by Gasteiger charge is -2.32. The fourth-order valence-electron chi connectivity index (χ4n) is 3.02. The lowest BCUT2D eigenvalue weighted by Crippen LogP contribution is -2.42. The zero-order valence-corrected chi connectivity index (χ0v) is 18.8. The van der Waals surface area contributed by atoms with Crippen LogP contribution in [0.15, 0.2) is 18.2 Å². The lowest BCUT2D eigenvalue weighted by atomic mass is 10.1. The summed E-state index contributed by atoms with van der Waals surface area (Å²) in [7, 11) is 0. The number of nitrogens with zero attached hydrogens (tertiary/aromatic N) is 4. The molecular formula is C17H19Cl5N6. The second-order valence-corrected chi connectivity index (χ2v) is 9.62. The Balaban J connectivity index is 1.86. The summed E-state index contributed by atoms with van der Waals surface area (Å²) in [4.78, 5) is 15.3. The van der Waals surface area contributed by atoms with Crippen molar-refractivity contribution in [2.24, 2.45) is 0 Å². The standard InChI is InChI=1S/C17H19Cl5N6/c1-2-28-5-3-4-12(9-28)23-15-25-14(17(20,21)22)26-16(27-15)24-13-7-10(18)6-11(19)8-13/h6-8,12H,2-5,9H2,1H3,(H2,23,24,25,26,27). The van der Waals surface area contributed by atoms with Gasteiger partial charge in [-0.1, -0.05) is 64.9 Å². The molecule has 0 spiro atoms. The first-order chi connectivity index (χ1) is 13.2. The Morgan fingerprint density at radius 3 is 2.39 bits per heavy atom. The van der Waals surface area contributed by atoms with Crippen LogP contribution >= 0.6 is 58.0 Å². The van der Waals surface area contributed by atoms with E-state index in [0.717, 1.165) is 32.5 Å². The van der Waals surface area contributed by atoms with Gasteiger partial charge in [-0.25, -0.2) is 0 Å². The highest BCUT2D eigenvalue weighted by atomic mass is 35.6. The molecule has 2 N–H and O–H groups in total. The number of hydrogen-bond acceptors (Lipinski definition) is 6. The first-order valence-corrected chi connectivity index (χ1v) is 10.7. The molecule has 3 rings (SSSR count). The maximum Gasteiger partial charge on any atom is 0.250 e. The van der Waals surface area contributed by atoms with E-state index in [9.17, 15) is 0 Å². The van der Waals surface area contributed by atoms with Crippen LogP contribution < -0.4 is 10.6 Å². The van der Waals surface area contributed by atoms with Crippen LogP contribution in [0.3, 0.4) is 0 Å². The molecule has 1 aliphatic rings. The third-order valence-electron chi connectivity index (χ3n) is 4.29. The first-order valence-electron chi connectivity index (χ1n) is 8.78. The van der Waals surface area contributed by atoms with Gasteiger partial charge in [0.1, 0.15) is 0 Å². The van der Waals surface area contributed by atoms with Gasteiger partial charge in [-0.2, -0.15) is 15.0 Å². The molecule has 1 atom stereocenters. The number of benzene rings is 1. The van der Waals surface area contributed by atoms with E-state index in [0.29, 0.717) is 21.7 Å². The Morgan fingerprint density at radius 1 is 1.07 bits per heavy atom. The molecule has 2 heterocycles. The van der Waals surface area contributed by atoms with Gasteiger partial charge in [0.05, 0.1) is 0 Å². The van der Waals surface area contributed by atoms with E-state index >= 15 is 0 Å². The molecule has 0 aliphatic carbocycles. The van der Waals surface area contributed by atoms with Gasteiger partial charge in [0.25, 0.3) is 0 Å². The minimum Gasteiger partial charge on any atom is -0.350 e. The van der Waals surface area contributed by atoms with Gasteiger partial charge >= 0.3 is 0 Å². The number of nitrogens with one attached hydrogen (secondary N) is 2. The molecule has 11 heteroatoms. The van der Waals surface area contributed by atoms with Gasteiger partial charge in [-0.15, -0.1) is 0 Å². The van der Waals surface area contributed by atoms with Gasteiger partial charge in [-0.3, -0.25) is 0 Å². The molecule has 1 saturated heterocycles. The van der Waals surface area contributed by atoms with Gasteiger partial charge in [0.15, 0.2) is 5.82 Å². The average molecular weight is 485 g/mol. The molecule has 0 saturated carbocycles. The first kappa shape index (κ1) is 21.9. The van der Waals surface area contributed by atoms with Crippen LogP contribution in [-0.2, 0) is 3.79 Å². The molecule has 2 aromatic rings. The van der Waals surface area contributed by atoms with E-state index in [-0.39, 0.29) is 17.8 Å². The normalized spacial score (nSPS) is 18.1. The van der Waals surface area contributed by atoms with Crippen molar-refractivity contribution in [3.63, 3.8) is 0 Å². The molecule has 6 nitrogen and oxygen atoms in total. The molecule has 28 heavy (non-hydrogen) atoms. The Labute approximate surface area is 188 Å². The fourth-order valence-corrected chi connectivity index (χ4v) is 3.80. The van der Waals surface area contributed by atoms with Crippen LogP contribution in [-0.4, -0.2) is 45.5 Å². The molecule has 1 aromatic heterocycles. The Hall–Kier alpha value is -0.760. The number of likely N-dealkylation sites (N-methyl/N-ethyl adjacent to an activating group) is 1. The summed E-state index contributed by atoms with van der Waals surface area (Å²) < 4.78 is -1.79. The minimum absolute atomic E-state index is 0.0220. The van der Waals surface area contributed by atoms with Crippen molar-refractivity contribution in [1.82, 2.24) is 19.9 Å². The molecule has 1 fully saturated rings. The summed E-state index contributed by atoms with van der Waals surface area (Å²) >= 11 is 30.1. The largest absolute Gasteiger partial charge is 0.350 e.